The molecule has 0 bridgehead atoms. The van der Waals surface area contributed by atoms with Gasteiger partial charge >= 0.3 is 11.9 Å². The average Bonchev–Trinajstić information content (AvgIpc) is 3.35. The molecule has 2 N–H and O–H groups in total. The lowest BCUT2D eigenvalue weighted by atomic mass is 9.95. The van der Waals surface area contributed by atoms with Crippen LogP contribution >= 0.6 is 0 Å². The van der Waals surface area contributed by atoms with Crippen LogP contribution in [0, 0.1) is 11.8 Å². The molecule has 0 aromatic rings. The molecule has 9 heteroatoms. The molecule has 2 atom stereocenters. The zero-order valence-corrected chi connectivity index (χ0v) is 47.4. The van der Waals surface area contributed by atoms with Gasteiger partial charge in [0.2, 0.25) is 11.8 Å². The number of unbranched alkanes of at least 4 members (excludes halogenated alkanes) is 28. The number of hydrogen-bond donors (Lipinski definition) is 2. The number of nitrogens with zero attached hydrogens (tertiary/aromatic N) is 1. The van der Waals surface area contributed by atoms with E-state index in [4.69, 9.17) is 9.47 Å². The normalized spacial score (nSPS) is 12.3. The number of carbonyl (C=O) groups excluding carboxylic acids is 4. The molecule has 414 valence electrons. The lowest BCUT2D eigenvalue weighted by Crippen LogP contribution is -2.24. The summed E-state index contributed by atoms with van der Waals surface area (Å²) in [7, 11) is 2.22. The van der Waals surface area contributed by atoms with Crippen molar-refractivity contribution in [3.8, 4) is 0 Å². The Bertz CT molecular complexity index is 1070. The number of esters is 2. The molecule has 0 aliphatic heterocycles. The maximum atomic E-state index is 12.5. The van der Waals surface area contributed by atoms with E-state index >= 15 is 0 Å². The summed E-state index contributed by atoms with van der Waals surface area (Å²) in [5.74, 6) is 1.21. The van der Waals surface area contributed by atoms with Crippen LogP contribution in [0.5, 0.6) is 0 Å². The summed E-state index contributed by atoms with van der Waals surface area (Å²) >= 11 is 0. The Morgan fingerprint density at radius 3 is 0.971 bits per heavy atom. The molecule has 0 aliphatic carbocycles. The van der Waals surface area contributed by atoms with E-state index in [-0.39, 0.29) is 23.8 Å². The van der Waals surface area contributed by atoms with Crippen molar-refractivity contribution in [2.75, 3.05) is 46.4 Å². The van der Waals surface area contributed by atoms with Gasteiger partial charge in [0.05, 0.1) is 13.2 Å². The highest BCUT2D eigenvalue weighted by molar-refractivity contribution is 5.76. The predicted octanol–water partition coefficient (Wildman–Crippen LogP) is 16.7. The quantitative estimate of drug-likeness (QED) is 0.0461. The number of hydrogen-bond acceptors (Lipinski definition) is 7. The Balaban J connectivity index is 3.74. The molecular formula is C61H119N3O6. The molecule has 0 aliphatic rings. The van der Waals surface area contributed by atoms with Crippen LogP contribution in [-0.4, -0.2) is 75.1 Å². The summed E-state index contributed by atoms with van der Waals surface area (Å²) in [6, 6.07) is 0. The molecule has 70 heavy (non-hydrogen) atoms. The van der Waals surface area contributed by atoms with E-state index in [1.54, 1.807) is 0 Å². The van der Waals surface area contributed by atoms with Gasteiger partial charge in [0.1, 0.15) is 0 Å². The van der Waals surface area contributed by atoms with Crippen molar-refractivity contribution in [3.63, 3.8) is 0 Å². The predicted molar refractivity (Wildman–Crippen MR) is 298 cm³/mol. The van der Waals surface area contributed by atoms with Crippen LogP contribution in [-0.2, 0) is 28.7 Å². The van der Waals surface area contributed by atoms with Crippen molar-refractivity contribution in [1.82, 2.24) is 15.5 Å². The third-order valence-corrected chi connectivity index (χ3v) is 14.5. The molecule has 2 unspecified atom stereocenters. The first-order chi connectivity index (χ1) is 34.2. The van der Waals surface area contributed by atoms with E-state index in [1.807, 2.05) is 0 Å². The van der Waals surface area contributed by atoms with Gasteiger partial charge < -0.3 is 25.0 Å². The van der Waals surface area contributed by atoms with Crippen molar-refractivity contribution in [3.05, 3.63) is 0 Å². The van der Waals surface area contributed by atoms with Crippen molar-refractivity contribution in [1.29, 1.82) is 0 Å². The maximum absolute atomic E-state index is 12.5. The minimum Gasteiger partial charge on any atom is -0.465 e. The molecule has 0 radical (unpaired) electrons. The fourth-order valence-electron chi connectivity index (χ4n) is 9.62. The van der Waals surface area contributed by atoms with Gasteiger partial charge in [0.25, 0.3) is 0 Å². The van der Waals surface area contributed by atoms with Gasteiger partial charge in [-0.2, -0.15) is 0 Å². The van der Waals surface area contributed by atoms with Crippen molar-refractivity contribution in [2.45, 2.75) is 310 Å². The number of carbonyl (C=O) groups is 4. The zero-order chi connectivity index (χ0) is 51.2. The summed E-state index contributed by atoms with van der Waals surface area (Å²) in [6.45, 7) is 13.8. The van der Waals surface area contributed by atoms with Crippen molar-refractivity contribution in [2.24, 2.45) is 11.8 Å². The molecule has 0 aromatic heterocycles. The summed E-state index contributed by atoms with van der Waals surface area (Å²) in [4.78, 5) is 52.0. The molecule has 0 saturated heterocycles. The minimum absolute atomic E-state index is 0.0554. The van der Waals surface area contributed by atoms with E-state index in [1.165, 1.54) is 193 Å². The van der Waals surface area contributed by atoms with E-state index in [2.05, 4.69) is 50.3 Å². The van der Waals surface area contributed by atoms with Gasteiger partial charge in [0.15, 0.2) is 0 Å². The topological polar surface area (TPSA) is 114 Å². The largest absolute Gasteiger partial charge is 0.465 e. The first kappa shape index (κ1) is 67.8. The number of amides is 2. The van der Waals surface area contributed by atoms with Crippen molar-refractivity contribution >= 4 is 23.8 Å². The Labute approximate surface area is 434 Å². The summed E-state index contributed by atoms with van der Waals surface area (Å²) in [5.41, 5.74) is 0. The number of rotatable bonds is 56. The van der Waals surface area contributed by atoms with E-state index in [0.29, 0.717) is 63.8 Å². The Kier molecular flexibility index (Phi) is 52.9. The second-order valence-electron chi connectivity index (χ2n) is 21.6. The van der Waals surface area contributed by atoms with Gasteiger partial charge in [-0.3, -0.25) is 19.2 Å². The highest BCUT2D eigenvalue weighted by atomic mass is 16.5. The second-order valence-corrected chi connectivity index (χ2v) is 21.6. The van der Waals surface area contributed by atoms with Crippen LogP contribution in [0.4, 0.5) is 0 Å². The van der Waals surface area contributed by atoms with Crippen molar-refractivity contribution < 1.29 is 28.7 Å². The van der Waals surface area contributed by atoms with Gasteiger partial charge in [0, 0.05) is 38.8 Å². The fraction of sp³-hybridized carbons (Fsp3) is 0.934. The molecule has 0 spiro atoms. The lowest BCUT2D eigenvalue weighted by molar-refractivity contribution is -0.146. The Morgan fingerprint density at radius 2 is 0.614 bits per heavy atom. The minimum atomic E-state index is -0.0554. The standard InChI is InChI=1S/C61H119N3O6/c1-6-10-14-18-22-32-44-56(42-30-16-12-8-3)54-69-60(67)48-36-28-38-50-62-58(65)46-34-24-20-26-40-52-64(5)53-41-27-21-25-35-47-59(66)63-51-39-29-37-49-61(68)70-55-57(43-31-17-13-9-4)45-33-23-19-15-11-7-2/h56-57H,6-55H2,1-5H3,(H,62,65)(H,63,66). The fourth-order valence-corrected chi connectivity index (χ4v) is 9.62. The highest BCUT2D eigenvalue weighted by Gasteiger charge is 2.14. The van der Waals surface area contributed by atoms with Crippen LogP contribution in [0.25, 0.3) is 0 Å². The SMILES string of the molecule is CCCCCCCCC(CCCCCC)COC(=O)CCCCCNC(=O)CCCCCCCN(C)CCCCCCCC(=O)NCCCCCC(=O)OCC(CCCCCC)CCCCCCCC. The molecule has 9 nitrogen and oxygen atoms in total. The second kappa shape index (κ2) is 54.6. The number of ether oxygens (including phenoxy) is 2. The highest BCUT2D eigenvalue weighted by Crippen LogP contribution is 2.22. The third kappa shape index (κ3) is 50.8. The van der Waals surface area contributed by atoms with Crippen LogP contribution in [0.15, 0.2) is 0 Å². The molecule has 2 amide bonds. The van der Waals surface area contributed by atoms with E-state index in [9.17, 15) is 19.2 Å². The summed E-state index contributed by atoms with van der Waals surface area (Å²) in [6.07, 6.45) is 49.4. The molecule has 0 rings (SSSR count). The maximum Gasteiger partial charge on any atom is 0.305 e. The van der Waals surface area contributed by atoms with Crippen LogP contribution in [0.2, 0.25) is 0 Å². The average molecular weight is 991 g/mol. The molecule has 0 fully saturated rings. The first-order valence-electron chi connectivity index (χ1n) is 30.8. The van der Waals surface area contributed by atoms with Crippen LogP contribution in [0.3, 0.4) is 0 Å². The van der Waals surface area contributed by atoms with E-state index < -0.39 is 0 Å². The summed E-state index contributed by atoms with van der Waals surface area (Å²) < 4.78 is 11.5. The first-order valence-corrected chi connectivity index (χ1v) is 30.8. The van der Waals surface area contributed by atoms with Crippen LogP contribution in [0.1, 0.15) is 310 Å². The van der Waals surface area contributed by atoms with Gasteiger partial charge in [-0.25, -0.2) is 0 Å². The smallest absolute Gasteiger partial charge is 0.305 e. The Hall–Kier alpha value is -2.16. The third-order valence-electron chi connectivity index (χ3n) is 14.5. The van der Waals surface area contributed by atoms with E-state index in [0.717, 1.165) is 77.3 Å². The van der Waals surface area contributed by atoms with Crippen LogP contribution < -0.4 is 10.6 Å². The van der Waals surface area contributed by atoms with Gasteiger partial charge in [-0.15, -0.1) is 0 Å². The zero-order valence-electron chi connectivity index (χ0n) is 47.4. The Morgan fingerprint density at radius 1 is 0.343 bits per heavy atom. The van der Waals surface area contributed by atoms with Gasteiger partial charge in [-0.05, 0) is 109 Å². The van der Waals surface area contributed by atoms with Gasteiger partial charge in [-0.1, -0.05) is 207 Å². The lowest BCUT2D eigenvalue weighted by Gasteiger charge is -2.17. The summed E-state index contributed by atoms with van der Waals surface area (Å²) in [5, 5.41) is 6.15. The molecule has 0 saturated carbocycles. The molecule has 0 aromatic carbocycles. The number of nitrogens with one attached hydrogen (secondary N) is 2. The molecule has 0 heterocycles. The monoisotopic (exact) mass is 990 g/mol. The molecular weight excluding hydrogens is 871 g/mol.